The van der Waals surface area contributed by atoms with Gasteiger partial charge in [0.1, 0.15) is 17.7 Å². The van der Waals surface area contributed by atoms with Gasteiger partial charge in [-0.2, -0.15) is 4.98 Å². The minimum atomic E-state index is -1.11. The second kappa shape index (κ2) is 9.50. The highest BCUT2D eigenvalue weighted by atomic mass is 19.1. The van der Waals surface area contributed by atoms with Crippen molar-refractivity contribution in [2.75, 3.05) is 5.32 Å². The number of benzene rings is 1. The molecule has 4 rings (SSSR count). The number of rotatable bonds is 8. The lowest BCUT2D eigenvalue weighted by Crippen LogP contribution is -2.35. The number of carboxylic acid groups (broad SMARTS) is 1. The molecule has 1 saturated carbocycles. The number of carbonyl (C=O) groups is 1. The molecule has 9 heteroatoms. The van der Waals surface area contributed by atoms with Crippen LogP contribution in [0.15, 0.2) is 29.1 Å². The highest BCUT2D eigenvalue weighted by Gasteiger charge is 2.24. The maximum Gasteiger partial charge on any atom is 0.326 e. The van der Waals surface area contributed by atoms with Crippen molar-refractivity contribution >= 4 is 23.1 Å². The van der Waals surface area contributed by atoms with E-state index in [2.05, 4.69) is 20.3 Å². The Kier molecular flexibility index (Phi) is 6.53. The molecule has 8 nitrogen and oxygen atoms in total. The summed E-state index contributed by atoms with van der Waals surface area (Å²) in [6, 6.07) is 4.74. The first-order valence-electron chi connectivity index (χ1n) is 11.2. The van der Waals surface area contributed by atoms with Crippen LogP contribution in [0, 0.1) is 5.82 Å². The molecule has 0 amide bonds. The Morgan fingerprint density at radius 2 is 2.09 bits per heavy atom. The van der Waals surface area contributed by atoms with Gasteiger partial charge in [0.15, 0.2) is 11.2 Å². The van der Waals surface area contributed by atoms with Gasteiger partial charge in [0.25, 0.3) is 5.56 Å². The van der Waals surface area contributed by atoms with E-state index < -0.39 is 17.8 Å². The fourth-order valence-electron chi connectivity index (χ4n) is 4.37. The number of carboxylic acids is 1. The number of aromatic amines is 1. The molecule has 0 aliphatic heterocycles. The molecule has 0 radical (unpaired) electrons. The molecule has 0 spiro atoms. The molecule has 1 unspecified atom stereocenters. The second-order valence-corrected chi connectivity index (χ2v) is 8.42. The van der Waals surface area contributed by atoms with Crippen LogP contribution < -0.4 is 10.9 Å². The van der Waals surface area contributed by atoms with Crippen LogP contribution in [0.25, 0.3) is 11.2 Å². The van der Waals surface area contributed by atoms with Gasteiger partial charge >= 0.3 is 5.97 Å². The van der Waals surface area contributed by atoms with Gasteiger partial charge < -0.3 is 15.4 Å². The van der Waals surface area contributed by atoms with E-state index in [-0.39, 0.29) is 23.8 Å². The number of H-pyrrole nitrogens is 1. The Balaban J connectivity index is 1.69. The van der Waals surface area contributed by atoms with Crippen LogP contribution in [0.4, 0.5) is 10.3 Å². The summed E-state index contributed by atoms with van der Waals surface area (Å²) in [5, 5.41) is 12.6. The Morgan fingerprint density at radius 3 is 2.78 bits per heavy atom. The van der Waals surface area contributed by atoms with Crippen molar-refractivity contribution in [3.05, 3.63) is 51.8 Å². The summed E-state index contributed by atoms with van der Waals surface area (Å²) in [5.41, 5.74) is 0.903. The van der Waals surface area contributed by atoms with E-state index in [4.69, 9.17) is 0 Å². The summed E-state index contributed by atoms with van der Waals surface area (Å²) >= 11 is 0. The largest absolute Gasteiger partial charge is 0.480 e. The standard InChI is InChI=1S/C23H28FN5O3/c1-2-11-29-21(30)18-20(27-19(26-18)15-8-4-3-5-9-15)28-23(29)25-17(22(31)32)13-14-7-6-10-16(24)12-14/h6-7,10,12,15,17H,2-5,8-9,11,13H2,1H3,(H,25,28)(H,26,27)(H,31,32). The number of aliphatic carboxylic acids is 1. The van der Waals surface area contributed by atoms with E-state index in [9.17, 15) is 19.1 Å². The van der Waals surface area contributed by atoms with Crippen molar-refractivity contribution in [3.63, 3.8) is 0 Å². The number of imidazole rings is 1. The zero-order valence-electron chi connectivity index (χ0n) is 18.1. The zero-order valence-corrected chi connectivity index (χ0v) is 18.1. The van der Waals surface area contributed by atoms with Gasteiger partial charge in [-0.25, -0.2) is 14.2 Å². The first kappa shape index (κ1) is 22.0. The van der Waals surface area contributed by atoms with Gasteiger partial charge in [-0.3, -0.25) is 9.36 Å². The minimum Gasteiger partial charge on any atom is -0.480 e. The second-order valence-electron chi connectivity index (χ2n) is 8.42. The van der Waals surface area contributed by atoms with Gasteiger partial charge in [-0.15, -0.1) is 0 Å². The van der Waals surface area contributed by atoms with E-state index in [1.807, 2.05) is 6.92 Å². The molecule has 1 aromatic carbocycles. The molecule has 1 aliphatic rings. The first-order valence-corrected chi connectivity index (χ1v) is 11.2. The number of hydrogen-bond donors (Lipinski definition) is 3. The van der Waals surface area contributed by atoms with E-state index in [1.54, 1.807) is 6.07 Å². The normalized spacial score (nSPS) is 15.7. The van der Waals surface area contributed by atoms with Crippen molar-refractivity contribution in [2.45, 2.75) is 70.4 Å². The van der Waals surface area contributed by atoms with Crippen molar-refractivity contribution in [1.82, 2.24) is 19.5 Å². The summed E-state index contributed by atoms with van der Waals surface area (Å²) in [6.07, 6.45) is 6.28. The quantitative estimate of drug-likeness (QED) is 0.490. The average molecular weight is 442 g/mol. The molecule has 170 valence electrons. The molecular formula is C23H28FN5O3. The third-order valence-corrected chi connectivity index (χ3v) is 6.00. The first-order chi connectivity index (χ1) is 15.5. The average Bonchev–Trinajstić information content (AvgIpc) is 3.21. The molecule has 1 atom stereocenters. The lowest BCUT2D eigenvalue weighted by molar-refractivity contribution is -0.137. The number of nitrogens with zero attached hydrogens (tertiary/aromatic N) is 3. The van der Waals surface area contributed by atoms with E-state index in [0.29, 0.717) is 29.7 Å². The van der Waals surface area contributed by atoms with Crippen LogP contribution in [0.2, 0.25) is 0 Å². The molecule has 32 heavy (non-hydrogen) atoms. The van der Waals surface area contributed by atoms with Gasteiger partial charge in [0.05, 0.1) is 0 Å². The third kappa shape index (κ3) is 4.66. The van der Waals surface area contributed by atoms with Crippen LogP contribution in [0.3, 0.4) is 0 Å². The topological polar surface area (TPSA) is 113 Å². The lowest BCUT2D eigenvalue weighted by atomic mass is 9.89. The monoisotopic (exact) mass is 441 g/mol. The Labute approximate surface area is 184 Å². The highest BCUT2D eigenvalue weighted by Crippen LogP contribution is 2.31. The number of aromatic nitrogens is 4. The molecule has 0 saturated heterocycles. The van der Waals surface area contributed by atoms with Crippen LogP contribution in [-0.2, 0) is 17.8 Å². The van der Waals surface area contributed by atoms with E-state index >= 15 is 0 Å². The minimum absolute atomic E-state index is 0.0427. The Hall–Kier alpha value is -3.23. The maximum absolute atomic E-state index is 13.6. The van der Waals surface area contributed by atoms with Crippen LogP contribution in [0.1, 0.15) is 62.8 Å². The van der Waals surface area contributed by atoms with Crippen LogP contribution in [-0.4, -0.2) is 36.6 Å². The summed E-state index contributed by atoms with van der Waals surface area (Å²) in [7, 11) is 0. The van der Waals surface area contributed by atoms with Gasteiger partial charge in [0.2, 0.25) is 5.95 Å². The van der Waals surface area contributed by atoms with E-state index in [0.717, 1.165) is 31.5 Å². The number of halogens is 1. The van der Waals surface area contributed by atoms with Gasteiger partial charge in [0, 0.05) is 18.9 Å². The van der Waals surface area contributed by atoms with Crippen molar-refractivity contribution < 1.29 is 14.3 Å². The molecule has 1 fully saturated rings. The van der Waals surface area contributed by atoms with Crippen molar-refractivity contribution in [2.24, 2.45) is 0 Å². The Morgan fingerprint density at radius 1 is 1.31 bits per heavy atom. The number of fused-ring (bicyclic) bond motifs is 1. The zero-order chi connectivity index (χ0) is 22.7. The van der Waals surface area contributed by atoms with Crippen LogP contribution >= 0.6 is 0 Å². The fourth-order valence-corrected chi connectivity index (χ4v) is 4.37. The number of nitrogens with one attached hydrogen (secondary N) is 2. The Bertz CT molecular complexity index is 1170. The molecule has 3 N–H and O–H groups in total. The molecule has 0 bridgehead atoms. The predicted octanol–water partition coefficient (Wildman–Crippen LogP) is 3.82. The number of hydrogen-bond acceptors (Lipinski definition) is 5. The molecule has 2 heterocycles. The summed E-state index contributed by atoms with van der Waals surface area (Å²) in [6.45, 7) is 2.32. The van der Waals surface area contributed by atoms with Crippen LogP contribution in [0.5, 0.6) is 0 Å². The highest BCUT2D eigenvalue weighted by molar-refractivity contribution is 5.78. The smallest absolute Gasteiger partial charge is 0.326 e. The lowest BCUT2D eigenvalue weighted by Gasteiger charge is -2.18. The predicted molar refractivity (Wildman–Crippen MR) is 119 cm³/mol. The molecule has 3 aromatic rings. The SMILES string of the molecule is CCCn1c(NC(Cc2cccc(F)c2)C(=O)O)nc2nc(C3CCCCC3)[nH]c2c1=O. The molecular weight excluding hydrogens is 413 g/mol. The van der Waals surface area contributed by atoms with Crippen molar-refractivity contribution in [3.8, 4) is 0 Å². The third-order valence-electron chi connectivity index (χ3n) is 6.00. The molecule has 2 aromatic heterocycles. The summed E-state index contributed by atoms with van der Waals surface area (Å²) in [4.78, 5) is 37.4. The maximum atomic E-state index is 13.6. The summed E-state index contributed by atoms with van der Waals surface area (Å²) < 4.78 is 15.0. The van der Waals surface area contributed by atoms with Gasteiger partial charge in [-0.05, 0) is 37.0 Å². The fraction of sp³-hybridized carbons (Fsp3) is 0.478. The number of anilines is 1. The molecule has 1 aliphatic carbocycles. The van der Waals surface area contributed by atoms with Gasteiger partial charge in [-0.1, -0.05) is 38.3 Å². The van der Waals surface area contributed by atoms with Crippen molar-refractivity contribution in [1.29, 1.82) is 0 Å². The summed E-state index contributed by atoms with van der Waals surface area (Å²) in [5.74, 6) is -0.320. The van der Waals surface area contributed by atoms with E-state index in [1.165, 1.54) is 29.2 Å².